The lowest BCUT2D eigenvalue weighted by Gasteiger charge is -2.55. The van der Waals surface area contributed by atoms with Crippen LogP contribution in [0.5, 0.6) is 5.75 Å². The molecule has 1 aromatic rings. The summed E-state index contributed by atoms with van der Waals surface area (Å²) in [5, 5.41) is 10.2. The maximum atomic E-state index is 11.8. The van der Waals surface area contributed by atoms with Crippen LogP contribution in [-0.4, -0.2) is 73.6 Å². The number of rotatable bonds is 3. The number of phenols is 1. The van der Waals surface area contributed by atoms with Gasteiger partial charge in [0.1, 0.15) is 5.75 Å². The zero-order chi connectivity index (χ0) is 19.0. The quantitative estimate of drug-likeness (QED) is 0.850. The first-order valence-electron chi connectivity index (χ1n) is 10.3. The van der Waals surface area contributed by atoms with Crippen molar-refractivity contribution in [2.45, 2.75) is 43.7 Å². The highest BCUT2D eigenvalue weighted by atomic mass is 32.2. The van der Waals surface area contributed by atoms with Crippen molar-refractivity contribution in [2.75, 3.05) is 38.2 Å². The highest BCUT2D eigenvalue weighted by Gasteiger charge is 2.65. The third-order valence-corrected chi connectivity index (χ3v) is 9.77. The van der Waals surface area contributed by atoms with Crippen molar-refractivity contribution in [3.63, 3.8) is 0 Å². The molecule has 2 aliphatic carbocycles. The van der Waals surface area contributed by atoms with Crippen LogP contribution in [-0.2, 0) is 21.7 Å². The zero-order valence-corrected chi connectivity index (χ0v) is 17.1. The lowest BCUT2D eigenvalue weighted by Crippen LogP contribution is -2.59. The number of likely N-dealkylation sites (tertiary alicyclic amines) is 1. The van der Waals surface area contributed by atoms with E-state index in [0.717, 1.165) is 19.4 Å². The minimum absolute atomic E-state index is 0.116. The fourth-order valence-corrected chi connectivity index (χ4v) is 7.77. The fraction of sp³-hybridized carbons (Fsp3) is 0.714. The molecule has 3 fully saturated rings. The molecule has 2 heterocycles. The second-order valence-electron chi connectivity index (χ2n) is 9.26. The number of hydrogen-bond acceptors (Lipinski definition) is 5. The molecule has 1 saturated carbocycles. The number of fused-ring (bicyclic) bond motifs is 6. The summed E-state index contributed by atoms with van der Waals surface area (Å²) in [5.74, 6) is 2.17. The van der Waals surface area contributed by atoms with Crippen LogP contribution in [0.1, 0.15) is 30.9 Å². The van der Waals surface area contributed by atoms with Gasteiger partial charge in [-0.3, -0.25) is 4.90 Å². The van der Waals surface area contributed by atoms with Crippen molar-refractivity contribution in [3.8, 4) is 5.75 Å². The number of benzene rings is 1. The molecule has 5 atom stereocenters. The number of phenolic OH excluding ortho intramolecular Hbond substituents is 1. The van der Waals surface area contributed by atoms with Gasteiger partial charge in [0, 0.05) is 30.6 Å². The van der Waals surface area contributed by atoms with E-state index in [9.17, 15) is 13.5 Å². The highest BCUT2D eigenvalue weighted by molar-refractivity contribution is 7.91. The molecule has 4 aliphatic rings. The molecule has 2 bridgehead atoms. The van der Waals surface area contributed by atoms with E-state index in [-0.39, 0.29) is 5.41 Å². The van der Waals surface area contributed by atoms with Crippen LogP contribution in [0.15, 0.2) is 18.2 Å². The first-order chi connectivity index (χ1) is 12.8. The van der Waals surface area contributed by atoms with Crippen LogP contribution in [0.2, 0.25) is 0 Å². The van der Waals surface area contributed by atoms with Gasteiger partial charge in [-0.1, -0.05) is 13.0 Å². The Bertz CT molecular complexity index is 856. The van der Waals surface area contributed by atoms with Crippen LogP contribution in [0.3, 0.4) is 0 Å². The van der Waals surface area contributed by atoms with Gasteiger partial charge in [0.15, 0.2) is 9.84 Å². The molecule has 0 spiro atoms. The van der Waals surface area contributed by atoms with Gasteiger partial charge in [-0.2, -0.15) is 0 Å². The average molecular weight is 391 g/mol. The molecule has 2 unspecified atom stereocenters. The van der Waals surface area contributed by atoms with Crippen molar-refractivity contribution >= 4 is 9.84 Å². The summed E-state index contributed by atoms with van der Waals surface area (Å²) in [6.45, 7) is 4.69. The van der Waals surface area contributed by atoms with E-state index >= 15 is 0 Å². The van der Waals surface area contributed by atoms with Crippen LogP contribution >= 0.6 is 0 Å². The molecular formula is C21H30N2O3S. The van der Waals surface area contributed by atoms with Crippen molar-refractivity contribution in [3.05, 3.63) is 29.3 Å². The van der Waals surface area contributed by atoms with E-state index < -0.39 is 9.84 Å². The van der Waals surface area contributed by atoms with E-state index in [1.165, 1.54) is 17.5 Å². The Morgan fingerprint density at radius 1 is 1.22 bits per heavy atom. The molecule has 148 valence electrons. The van der Waals surface area contributed by atoms with Gasteiger partial charge in [-0.05, 0) is 68.0 Å². The largest absolute Gasteiger partial charge is 0.508 e. The molecular weight excluding hydrogens is 360 g/mol. The Hall–Kier alpha value is -1.11. The Morgan fingerprint density at radius 2 is 1.96 bits per heavy atom. The molecule has 2 aliphatic heterocycles. The summed E-state index contributed by atoms with van der Waals surface area (Å²) >= 11 is 0. The maximum Gasteiger partial charge on any atom is 0.152 e. The lowest BCUT2D eigenvalue weighted by molar-refractivity contribution is 0.0236. The minimum atomic E-state index is -2.83. The average Bonchev–Trinajstić information content (AvgIpc) is 3.42. The molecule has 1 aromatic carbocycles. The first kappa shape index (κ1) is 18.0. The van der Waals surface area contributed by atoms with E-state index in [1.54, 1.807) is 0 Å². The molecule has 1 N–H and O–H groups in total. The Labute approximate surface area is 162 Å². The smallest absolute Gasteiger partial charge is 0.152 e. The van der Waals surface area contributed by atoms with Crippen LogP contribution in [0.4, 0.5) is 0 Å². The summed E-state index contributed by atoms with van der Waals surface area (Å²) in [6.07, 6.45) is 3.39. The standard InChI is InChI=1S/C21H30N2O3S/c1-14-19-11-15-3-4-16(24)12-17(15)21(14,18-13-20(18)22(19)2)5-6-23-7-9-27(25,26)10-8-23/h3-4,12,14,18-20,24H,5-11,13H2,1-2H3/t14-,18?,19+,20?,21+/m0/s1. The number of sulfone groups is 1. The summed E-state index contributed by atoms with van der Waals surface area (Å²) in [6, 6.07) is 7.22. The maximum absolute atomic E-state index is 11.8. The van der Waals surface area contributed by atoms with Crippen molar-refractivity contribution < 1.29 is 13.5 Å². The molecule has 5 nitrogen and oxygen atoms in total. The zero-order valence-electron chi connectivity index (χ0n) is 16.3. The van der Waals surface area contributed by atoms with Gasteiger partial charge in [-0.25, -0.2) is 8.42 Å². The lowest BCUT2D eigenvalue weighted by atomic mass is 9.56. The predicted octanol–water partition coefficient (Wildman–Crippen LogP) is 1.65. The second kappa shape index (κ2) is 5.94. The minimum Gasteiger partial charge on any atom is -0.508 e. The number of likely N-dealkylation sites (N-methyl/N-ethyl adjacent to an activating group) is 1. The first-order valence-corrected chi connectivity index (χ1v) is 12.1. The van der Waals surface area contributed by atoms with Crippen LogP contribution in [0.25, 0.3) is 0 Å². The summed E-state index contributed by atoms with van der Waals surface area (Å²) in [4.78, 5) is 4.95. The molecule has 6 heteroatoms. The summed E-state index contributed by atoms with van der Waals surface area (Å²) < 4.78 is 23.5. The van der Waals surface area contributed by atoms with Gasteiger partial charge in [0.05, 0.1) is 11.5 Å². The Kier molecular flexibility index (Phi) is 3.95. The summed E-state index contributed by atoms with van der Waals surface area (Å²) in [5.41, 5.74) is 2.88. The molecule has 5 rings (SSSR count). The molecule has 2 saturated heterocycles. The van der Waals surface area contributed by atoms with Gasteiger partial charge >= 0.3 is 0 Å². The van der Waals surface area contributed by atoms with Crippen LogP contribution in [0, 0.1) is 11.8 Å². The number of piperidine rings is 1. The molecule has 0 aromatic heterocycles. The SMILES string of the molecule is C[C@H]1[C@H]2Cc3ccc(O)cc3[C@]1(CCN1CCS(=O)(=O)CC1)C1CC1N2C. The van der Waals surface area contributed by atoms with Crippen molar-refractivity contribution in [2.24, 2.45) is 11.8 Å². The topological polar surface area (TPSA) is 60.9 Å². The monoisotopic (exact) mass is 390 g/mol. The van der Waals surface area contributed by atoms with Gasteiger partial charge in [-0.15, -0.1) is 0 Å². The third kappa shape index (κ3) is 2.67. The number of nitrogens with zero attached hydrogens (tertiary/aromatic N) is 2. The second-order valence-corrected chi connectivity index (χ2v) is 11.6. The molecule has 27 heavy (non-hydrogen) atoms. The Morgan fingerprint density at radius 3 is 2.70 bits per heavy atom. The predicted molar refractivity (Wildman–Crippen MR) is 106 cm³/mol. The van der Waals surface area contributed by atoms with Crippen LogP contribution < -0.4 is 0 Å². The van der Waals surface area contributed by atoms with Crippen molar-refractivity contribution in [1.29, 1.82) is 0 Å². The van der Waals surface area contributed by atoms with E-state index in [1.807, 2.05) is 12.1 Å². The van der Waals surface area contributed by atoms with Gasteiger partial charge in [0.25, 0.3) is 0 Å². The normalized spacial score (nSPS) is 40.2. The fourth-order valence-electron chi connectivity index (χ4n) is 6.50. The van der Waals surface area contributed by atoms with E-state index in [0.29, 0.717) is 54.3 Å². The number of aromatic hydroxyl groups is 1. The summed E-state index contributed by atoms with van der Waals surface area (Å²) in [7, 11) is -0.545. The number of hydrogen-bond donors (Lipinski definition) is 1. The Balaban J connectivity index is 1.48. The highest BCUT2D eigenvalue weighted by Crippen LogP contribution is 2.63. The third-order valence-electron chi connectivity index (χ3n) is 8.16. The van der Waals surface area contributed by atoms with Crippen molar-refractivity contribution in [1.82, 2.24) is 9.80 Å². The van der Waals surface area contributed by atoms with Gasteiger partial charge in [0.2, 0.25) is 0 Å². The molecule has 0 radical (unpaired) electrons. The molecule has 0 amide bonds. The van der Waals surface area contributed by atoms with E-state index in [4.69, 9.17) is 0 Å². The van der Waals surface area contributed by atoms with E-state index in [2.05, 4.69) is 29.8 Å². The van der Waals surface area contributed by atoms with Gasteiger partial charge < -0.3 is 10.0 Å².